The molecule has 0 aliphatic heterocycles. The topological polar surface area (TPSA) is 83.0 Å². The van der Waals surface area contributed by atoms with Gasteiger partial charge in [0.25, 0.3) is 0 Å². The van der Waals surface area contributed by atoms with Crippen molar-refractivity contribution in [2.45, 2.75) is 13.5 Å². The molecule has 0 unspecified atom stereocenters. The van der Waals surface area contributed by atoms with Crippen LogP contribution in [-0.2, 0) is 6.61 Å². The van der Waals surface area contributed by atoms with Crippen LogP contribution < -0.4 is 10.4 Å². The molecule has 0 spiro atoms. The highest BCUT2D eigenvalue weighted by molar-refractivity contribution is 6.30. The van der Waals surface area contributed by atoms with E-state index in [4.69, 9.17) is 20.8 Å². The zero-order valence-electron chi connectivity index (χ0n) is 13.7. The van der Waals surface area contributed by atoms with E-state index in [1.54, 1.807) is 22.9 Å². The number of ether oxygens (including phenoxy) is 1. The van der Waals surface area contributed by atoms with Gasteiger partial charge in [0.2, 0.25) is 0 Å². The third kappa shape index (κ3) is 3.16. The number of halogens is 1. The van der Waals surface area contributed by atoms with Gasteiger partial charge in [-0.1, -0.05) is 11.6 Å². The molecule has 4 aromatic rings. The molecule has 0 radical (unpaired) electrons. The van der Waals surface area contributed by atoms with E-state index in [0.717, 1.165) is 16.6 Å². The molecule has 0 aliphatic rings. The van der Waals surface area contributed by atoms with Crippen LogP contribution in [0.5, 0.6) is 5.75 Å². The molecule has 0 saturated carbocycles. The summed E-state index contributed by atoms with van der Waals surface area (Å²) in [6.07, 6.45) is 0. The summed E-state index contributed by atoms with van der Waals surface area (Å²) in [5, 5.41) is 13.2. The molecule has 7 nitrogen and oxygen atoms in total. The predicted molar refractivity (Wildman–Crippen MR) is 95.7 cm³/mol. The second-order valence-corrected chi connectivity index (χ2v) is 6.11. The Labute approximate surface area is 152 Å². The first kappa shape index (κ1) is 16.3. The Bertz CT molecular complexity index is 1140. The van der Waals surface area contributed by atoms with Crippen molar-refractivity contribution < 1.29 is 9.15 Å². The Morgan fingerprint density at radius 3 is 2.77 bits per heavy atom. The third-order valence-corrected chi connectivity index (χ3v) is 4.15. The standard InChI is InChI=1S/C18H13ClN4O3/c1-11-8-18(24)26-16-9-14(6-7-15(11)16)25-10-17-20-21-22-23(17)13-4-2-12(19)3-5-13/h2-9H,10H2,1H3. The van der Waals surface area contributed by atoms with Gasteiger partial charge in [-0.15, -0.1) is 5.10 Å². The molecule has 130 valence electrons. The van der Waals surface area contributed by atoms with Crippen LogP contribution in [0.2, 0.25) is 5.02 Å². The molecule has 4 rings (SSSR count). The largest absolute Gasteiger partial charge is 0.485 e. The number of aryl methyl sites for hydroxylation is 1. The number of benzene rings is 2. The molecule has 0 saturated heterocycles. The van der Waals surface area contributed by atoms with Gasteiger partial charge in [0.05, 0.1) is 5.69 Å². The predicted octanol–water partition coefficient (Wildman–Crippen LogP) is 3.31. The minimum absolute atomic E-state index is 0.150. The molecule has 0 atom stereocenters. The number of nitrogens with zero attached hydrogens (tertiary/aromatic N) is 4. The van der Waals surface area contributed by atoms with Crippen LogP contribution in [0.25, 0.3) is 16.7 Å². The maximum absolute atomic E-state index is 11.5. The molecule has 2 aromatic heterocycles. The zero-order chi connectivity index (χ0) is 18.1. The summed E-state index contributed by atoms with van der Waals surface area (Å²) in [4.78, 5) is 11.5. The van der Waals surface area contributed by atoms with E-state index in [0.29, 0.717) is 22.2 Å². The summed E-state index contributed by atoms with van der Waals surface area (Å²) >= 11 is 5.91. The van der Waals surface area contributed by atoms with Crippen LogP contribution >= 0.6 is 11.6 Å². The van der Waals surface area contributed by atoms with Crippen molar-refractivity contribution in [3.8, 4) is 11.4 Å². The molecule has 2 aromatic carbocycles. The lowest BCUT2D eigenvalue weighted by molar-refractivity contribution is 0.292. The lowest BCUT2D eigenvalue weighted by Crippen LogP contribution is -2.07. The highest BCUT2D eigenvalue weighted by Gasteiger charge is 2.10. The fourth-order valence-corrected chi connectivity index (χ4v) is 2.75. The zero-order valence-corrected chi connectivity index (χ0v) is 14.5. The van der Waals surface area contributed by atoms with Crippen LogP contribution in [0.3, 0.4) is 0 Å². The number of hydrogen-bond acceptors (Lipinski definition) is 6. The Morgan fingerprint density at radius 2 is 1.96 bits per heavy atom. The van der Waals surface area contributed by atoms with Gasteiger partial charge in [-0.05, 0) is 59.3 Å². The van der Waals surface area contributed by atoms with Crippen molar-refractivity contribution in [1.82, 2.24) is 20.2 Å². The van der Waals surface area contributed by atoms with Gasteiger partial charge in [-0.25, -0.2) is 4.79 Å². The van der Waals surface area contributed by atoms with E-state index in [9.17, 15) is 4.79 Å². The third-order valence-electron chi connectivity index (χ3n) is 3.90. The Balaban J connectivity index is 1.58. The van der Waals surface area contributed by atoms with E-state index in [2.05, 4.69) is 15.5 Å². The van der Waals surface area contributed by atoms with Gasteiger partial charge in [0.15, 0.2) is 5.82 Å². The van der Waals surface area contributed by atoms with Gasteiger partial charge < -0.3 is 9.15 Å². The van der Waals surface area contributed by atoms with E-state index < -0.39 is 0 Å². The van der Waals surface area contributed by atoms with Crippen molar-refractivity contribution in [3.63, 3.8) is 0 Å². The molecule has 26 heavy (non-hydrogen) atoms. The maximum atomic E-state index is 11.5. The van der Waals surface area contributed by atoms with E-state index in [1.807, 2.05) is 31.2 Å². The number of hydrogen-bond donors (Lipinski definition) is 0. The fraction of sp³-hybridized carbons (Fsp3) is 0.111. The van der Waals surface area contributed by atoms with Crippen molar-refractivity contribution in [2.75, 3.05) is 0 Å². The maximum Gasteiger partial charge on any atom is 0.336 e. The first-order chi connectivity index (χ1) is 12.6. The van der Waals surface area contributed by atoms with E-state index in [-0.39, 0.29) is 12.2 Å². The number of fused-ring (bicyclic) bond motifs is 1. The van der Waals surface area contributed by atoms with Gasteiger partial charge in [0.1, 0.15) is 17.9 Å². The van der Waals surface area contributed by atoms with Crippen LogP contribution in [0.4, 0.5) is 0 Å². The molecule has 0 N–H and O–H groups in total. The molecule has 0 bridgehead atoms. The minimum atomic E-state index is -0.390. The molecule has 2 heterocycles. The molecule has 8 heteroatoms. The summed E-state index contributed by atoms with van der Waals surface area (Å²) in [7, 11) is 0. The van der Waals surface area contributed by atoms with Crippen molar-refractivity contribution in [2.24, 2.45) is 0 Å². The van der Waals surface area contributed by atoms with Gasteiger partial charge in [-0.2, -0.15) is 4.68 Å². The highest BCUT2D eigenvalue weighted by Crippen LogP contribution is 2.23. The van der Waals surface area contributed by atoms with Crippen LogP contribution in [0.15, 0.2) is 57.7 Å². The first-order valence-corrected chi connectivity index (χ1v) is 8.18. The summed E-state index contributed by atoms with van der Waals surface area (Å²) in [5.41, 5.74) is 1.72. The van der Waals surface area contributed by atoms with Crippen molar-refractivity contribution in [1.29, 1.82) is 0 Å². The van der Waals surface area contributed by atoms with Crippen LogP contribution in [0.1, 0.15) is 11.4 Å². The second-order valence-electron chi connectivity index (χ2n) is 5.68. The molecule has 0 aliphatic carbocycles. The summed E-state index contributed by atoms with van der Waals surface area (Å²) in [6, 6.07) is 14.0. The number of aromatic nitrogens is 4. The second kappa shape index (κ2) is 6.61. The first-order valence-electron chi connectivity index (χ1n) is 7.81. The minimum Gasteiger partial charge on any atom is -0.485 e. The molecule has 0 amide bonds. The lowest BCUT2D eigenvalue weighted by atomic mass is 10.1. The SMILES string of the molecule is Cc1cc(=O)oc2cc(OCc3nnnn3-c3ccc(Cl)cc3)ccc12. The smallest absolute Gasteiger partial charge is 0.336 e. The molecular weight excluding hydrogens is 356 g/mol. The average Bonchev–Trinajstić information content (AvgIpc) is 3.08. The highest BCUT2D eigenvalue weighted by atomic mass is 35.5. The van der Waals surface area contributed by atoms with E-state index in [1.165, 1.54) is 6.07 Å². The summed E-state index contributed by atoms with van der Waals surface area (Å²) in [5.74, 6) is 1.08. The van der Waals surface area contributed by atoms with Gasteiger partial charge >= 0.3 is 5.63 Å². The van der Waals surface area contributed by atoms with E-state index >= 15 is 0 Å². The normalized spacial score (nSPS) is 11.0. The number of tetrazole rings is 1. The number of rotatable bonds is 4. The summed E-state index contributed by atoms with van der Waals surface area (Å²) in [6.45, 7) is 2.01. The molecule has 0 fully saturated rings. The van der Waals surface area contributed by atoms with Gasteiger partial charge in [0, 0.05) is 22.5 Å². The van der Waals surface area contributed by atoms with Crippen molar-refractivity contribution >= 4 is 22.6 Å². The Hall–Kier alpha value is -3.19. The lowest BCUT2D eigenvalue weighted by Gasteiger charge is -2.08. The van der Waals surface area contributed by atoms with Gasteiger partial charge in [-0.3, -0.25) is 0 Å². The Morgan fingerprint density at radius 1 is 1.15 bits per heavy atom. The Kier molecular flexibility index (Phi) is 4.14. The van der Waals surface area contributed by atoms with Crippen LogP contribution in [0, 0.1) is 6.92 Å². The quantitative estimate of drug-likeness (QED) is 0.514. The van der Waals surface area contributed by atoms with Crippen molar-refractivity contribution in [3.05, 3.63) is 75.4 Å². The fourth-order valence-electron chi connectivity index (χ4n) is 2.62. The monoisotopic (exact) mass is 368 g/mol. The average molecular weight is 369 g/mol. The molecular formula is C18H13ClN4O3. The van der Waals surface area contributed by atoms with Crippen LogP contribution in [-0.4, -0.2) is 20.2 Å². The summed E-state index contributed by atoms with van der Waals surface area (Å²) < 4.78 is 12.6.